The number of anilines is 1. The summed E-state index contributed by atoms with van der Waals surface area (Å²) in [5, 5.41) is 17.4. The number of hydrogen-bond acceptors (Lipinski definition) is 9. The van der Waals surface area contributed by atoms with Crippen molar-refractivity contribution in [2.75, 3.05) is 11.5 Å². The van der Waals surface area contributed by atoms with Crippen molar-refractivity contribution in [3.8, 4) is 0 Å². The second-order valence-corrected chi connectivity index (χ2v) is 9.19. The average Bonchev–Trinajstić information content (AvgIpc) is 3.18. The zero-order valence-corrected chi connectivity index (χ0v) is 17.6. The van der Waals surface area contributed by atoms with Crippen LogP contribution in [0.5, 0.6) is 0 Å². The minimum absolute atomic E-state index is 0.0467. The number of aliphatic carboxylic acids is 1. The lowest BCUT2D eigenvalue weighted by atomic mass is 9.98. The SMILES string of the molecule is Nc1nc(/C(=N\OC2CCCCC2)C(=O)NC2C(=O)N3C(C(=O)O)=CCS[C@H]23)cs1. The van der Waals surface area contributed by atoms with Crippen LogP contribution in [-0.4, -0.2) is 61.8 Å². The molecule has 30 heavy (non-hydrogen) atoms. The normalized spacial score (nSPS) is 24.5. The van der Waals surface area contributed by atoms with Gasteiger partial charge in [0.15, 0.2) is 10.8 Å². The summed E-state index contributed by atoms with van der Waals surface area (Å²) < 4.78 is 0. The molecule has 0 radical (unpaired) electrons. The zero-order chi connectivity index (χ0) is 21.3. The third-order valence-electron chi connectivity index (χ3n) is 5.18. The molecule has 0 aromatic carbocycles. The van der Waals surface area contributed by atoms with E-state index in [1.165, 1.54) is 34.1 Å². The van der Waals surface area contributed by atoms with Crippen molar-refractivity contribution >= 4 is 51.7 Å². The second kappa shape index (κ2) is 8.64. The van der Waals surface area contributed by atoms with Gasteiger partial charge in [-0.25, -0.2) is 9.78 Å². The third kappa shape index (κ3) is 4.01. The number of nitrogen functional groups attached to an aromatic ring is 1. The topological polar surface area (TPSA) is 147 Å². The molecule has 1 aromatic heterocycles. The van der Waals surface area contributed by atoms with E-state index in [-0.39, 0.29) is 28.3 Å². The fourth-order valence-electron chi connectivity index (χ4n) is 3.65. The Morgan fingerprint density at radius 3 is 2.77 bits per heavy atom. The number of thioether (sulfide) groups is 1. The molecule has 12 heteroatoms. The van der Waals surface area contributed by atoms with Gasteiger partial charge in [-0.3, -0.25) is 14.5 Å². The van der Waals surface area contributed by atoms with Crippen molar-refractivity contribution in [1.82, 2.24) is 15.2 Å². The molecule has 0 spiro atoms. The minimum atomic E-state index is -1.17. The molecule has 1 saturated carbocycles. The van der Waals surface area contributed by atoms with E-state index in [0.29, 0.717) is 5.75 Å². The standard InChI is InChI=1S/C18H21N5O5S2/c19-18-20-10(8-30-18)12(22-28-9-4-2-1-3-5-9)14(24)21-13-15(25)23-11(17(26)27)6-7-29-16(13)23/h6,8-9,13,16H,1-5,7H2,(H2,19,20)(H,21,24)(H,26,27)/b22-12+/t13?,16-/m1/s1. The predicted molar refractivity (Wildman–Crippen MR) is 112 cm³/mol. The maximum atomic E-state index is 13.0. The number of carboxylic acid groups (broad SMARTS) is 1. The second-order valence-electron chi connectivity index (χ2n) is 7.15. The van der Waals surface area contributed by atoms with Gasteiger partial charge >= 0.3 is 5.97 Å². The van der Waals surface area contributed by atoms with Crippen molar-refractivity contribution < 1.29 is 24.3 Å². The van der Waals surface area contributed by atoms with Crippen LogP contribution in [0.2, 0.25) is 0 Å². The Hall–Kier alpha value is -2.60. The summed E-state index contributed by atoms with van der Waals surface area (Å²) in [6, 6.07) is -0.846. The van der Waals surface area contributed by atoms with Crippen LogP contribution in [-0.2, 0) is 19.2 Å². The number of amides is 2. The Labute approximate surface area is 180 Å². The molecule has 3 aliphatic rings. The highest BCUT2D eigenvalue weighted by atomic mass is 32.2. The molecule has 2 aliphatic heterocycles. The number of carboxylic acids is 1. The van der Waals surface area contributed by atoms with Gasteiger partial charge in [0.1, 0.15) is 28.9 Å². The van der Waals surface area contributed by atoms with E-state index in [0.717, 1.165) is 32.1 Å². The van der Waals surface area contributed by atoms with Gasteiger partial charge in [0.2, 0.25) is 0 Å². The number of nitrogens with zero attached hydrogens (tertiary/aromatic N) is 3. The molecule has 0 bridgehead atoms. The molecule has 3 heterocycles. The smallest absolute Gasteiger partial charge is 0.352 e. The van der Waals surface area contributed by atoms with E-state index >= 15 is 0 Å². The lowest BCUT2D eigenvalue weighted by Gasteiger charge is -2.48. The Bertz CT molecular complexity index is 924. The zero-order valence-electron chi connectivity index (χ0n) is 15.9. The van der Waals surface area contributed by atoms with Crippen LogP contribution in [0.3, 0.4) is 0 Å². The van der Waals surface area contributed by atoms with Gasteiger partial charge in [-0.2, -0.15) is 0 Å². The maximum absolute atomic E-state index is 13.0. The van der Waals surface area contributed by atoms with Crippen LogP contribution < -0.4 is 11.1 Å². The van der Waals surface area contributed by atoms with Crippen LogP contribution in [0.4, 0.5) is 5.13 Å². The molecule has 10 nitrogen and oxygen atoms in total. The number of fused-ring (bicyclic) bond motifs is 1. The van der Waals surface area contributed by atoms with E-state index in [1.54, 1.807) is 5.38 Å². The summed E-state index contributed by atoms with van der Waals surface area (Å²) in [7, 11) is 0. The van der Waals surface area contributed by atoms with Gasteiger partial charge in [-0.1, -0.05) is 11.6 Å². The van der Waals surface area contributed by atoms with E-state index in [4.69, 9.17) is 10.6 Å². The van der Waals surface area contributed by atoms with E-state index in [9.17, 15) is 19.5 Å². The number of oxime groups is 1. The molecule has 2 fully saturated rings. The van der Waals surface area contributed by atoms with Crippen LogP contribution in [0.25, 0.3) is 0 Å². The number of β-lactam (4-membered cyclic amide) rings is 1. The number of thiazole rings is 1. The first-order chi connectivity index (χ1) is 14.5. The molecule has 1 aromatic rings. The van der Waals surface area contributed by atoms with Crippen LogP contribution >= 0.6 is 23.1 Å². The Morgan fingerprint density at radius 2 is 2.10 bits per heavy atom. The van der Waals surface area contributed by atoms with Crippen LogP contribution in [0.1, 0.15) is 37.8 Å². The largest absolute Gasteiger partial charge is 0.477 e. The molecule has 1 unspecified atom stereocenters. The molecule has 160 valence electrons. The van der Waals surface area contributed by atoms with Crippen molar-refractivity contribution in [1.29, 1.82) is 0 Å². The number of nitrogens with two attached hydrogens (primary N) is 1. The molecule has 4 N–H and O–H groups in total. The summed E-state index contributed by atoms with van der Waals surface area (Å²) >= 11 is 2.55. The lowest BCUT2D eigenvalue weighted by molar-refractivity contribution is -0.150. The first-order valence-electron chi connectivity index (χ1n) is 9.60. The van der Waals surface area contributed by atoms with Crippen LogP contribution in [0.15, 0.2) is 22.3 Å². The highest BCUT2D eigenvalue weighted by molar-refractivity contribution is 8.00. The number of carbonyl (C=O) groups is 3. The fourth-order valence-corrected chi connectivity index (χ4v) is 5.39. The summed E-state index contributed by atoms with van der Waals surface area (Å²) in [6.45, 7) is 0. The maximum Gasteiger partial charge on any atom is 0.352 e. The van der Waals surface area contributed by atoms with Crippen molar-refractivity contribution in [2.24, 2.45) is 5.16 Å². The summed E-state index contributed by atoms with van der Waals surface area (Å²) in [4.78, 5) is 47.7. The minimum Gasteiger partial charge on any atom is -0.477 e. The fraction of sp³-hybridized carbons (Fsp3) is 0.500. The Kier molecular flexibility index (Phi) is 5.95. The molecule has 2 amide bonds. The molecular formula is C18H21N5O5S2. The lowest BCUT2D eigenvalue weighted by Crippen LogP contribution is -2.70. The predicted octanol–water partition coefficient (Wildman–Crippen LogP) is 1.15. The monoisotopic (exact) mass is 451 g/mol. The van der Waals surface area contributed by atoms with Crippen molar-refractivity contribution in [3.63, 3.8) is 0 Å². The van der Waals surface area contributed by atoms with Gasteiger partial charge in [0, 0.05) is 11.1 Å². The van der Waals surface area contributed by atoms with Crippen LogP contribution in [0, 0.1) is 0 Å². The van der Waals surface area contributed by atoms with E-state index in [2.05, 4.69) is 15.5 Å². The van der Waals surface area contributed by atoms with E-state index in [1.807, 2.05) is 0 Å². The highest BCUT2D eigenvalue weighted by Gasteiger charge is 2.53. The Morgan fingerprint density at radius 1 is 1.33 bits per heavy atom. The summed E-state index contributed by atoms with van der Waals surface area (Å²) in [5.41, 5.74) is 5.87. The van der Waals surface area contributed by atoms with Crippen molar-refractivity contribution in [3.05, 3.63) is 22.8 Å². The number of hydrogen-bond donors (Lipinski definition) is 3. The molecule has 2 atom stereocenters. The quantitative estimate of drug-likeness (QED) is 0.331. The first-order valence-corrected chi connectivity index (χ1v) is 11.5. The molecule has 1 aliphatic carbocycles. The summed E-state index contributed by atoms with van der Waals surface area (Å²) in [5.74, 6) is -1.81. The summed E-state index contributed by atoms with van der Waals surface area (Å²) in [6.07, 6.45) is 6.43. The molecule has 4 rings (SSSR count). The molecular weight excluding hydrogens is 430 g/mol. The number of aromatic nitrogens is 1. The number of carbonyl (C=O) groups excluding carboxylic acids is 2. The first kappa shape index (κ1) is 20.7. The van der Waals surface area contributed by atoms with Gasteiger partial charge in [-0.15, -0.1) is 23.1 Å². The highest BCUT2D eigenvalue weighted by Crippen LogP contribution is 2.37. The van der Waals surface area contributed by atoms with Gasteiger partial charge < -0.3 is 21.0 Å². The Balaban J connectivity index is 1.49. The van der Waals surface area contributed by atoms with E-state index < -0.39 is 29.2 Å². The number of rotatable bonds is 6. The number of nitrogens with one attached hydrogen (secondary N) is 1. The van der Waals surface area contributed by atoms with Gasteiger partial charge in [0.05, 0.1) is 0 Å². The van der Waals surface area contributed by atoms with Gasteiger partial charge in [0.25, 0.3) is 11.8 Å². The van der Waals surface area contributed by atoms with Gasteiger partial charge in [-0.05, 0) is 31.8 Å². The molecule has 1 saturated heterocycles. The van der Waals surface area contributed by atoms with Crippen molar-refractivity contribution in [2.45, 2.75) is 49.6 Å². The average molecular weight is 452 g/mol. The third-order valence-corrected chi connectivity index (χ3v) is 7.03.